The fraction of sp³-hybridized carbons (Fsp3) is 0.500. The highest BCUT2D eigenvalue weighted by molar-refractivity contribution is 7.89. The fourth-order valence-corrected chi connectivity index (χ4v) is 3.09. The van der Waals surface area contributed by atoms with E-state index in [1.165, 1.54) is 12.1 Å². The quantitative estimate of drug-likeness (QED) is 0.882. The molecule has 6 nitrogen and oxygen atoms in total. The van der Waals surface area contributed by atoms with Crippen molar-refractivity contribution in [3.05, 3.63) is 29.8 Å². The zero-order chi connectivity index (χ0) is 15.5. The van der Waals surface area contributed by atoms with Crippen LogP contribution in [-0.4, -0.2) is 33.5 Å². The molecular weight excluding hydrogens is 292 g/mol. The van der Waals surface area contributed by atoms with Crippen molar-refractivity contribution in [3.8, 4) is 6.07 Å². The Kier molecular flexibility index (Phi) is 4.64. The molecule has 0 radical (unpaired) electrons. The summed E-state index contributed by atoms with van der Waals surface area (Å²) in [5.74, 6) is -0.672. The summed E-state index contributed by atoms with van der Waals surface area (Å²) < 4.78 is 37.7. The van der Waals surface area contributed by atoms with Crippen LogP contribution in [0.1, 0.15) is 19.4 Å². The number of nitriles is 1. The Hall–Kier alpha value is -1.46. The Labute approximate surface area is 124 Å². The Balaban J connectivity index is 1.97. The molecule has 1 unspecified atom stereocenters. The van der Waals surface area contributed by atoms with Gasteiger partial charge in [-0.05, 0) is 31.5 Å². The third-order valence-corrected chi connectivity index (χ3v) is 4.52. The van der Waals surface area contributed by atoms with E-state index < -0.39 is 15.8 Å². The van der Waals surface area contributed by atoms with E-state index in [2.05, 4.69) is 4.72 Å². The topological polar surface area (TPSA) is 88.4 Å². The third-order valence-electron chi connectivity index (χ3n) is 3.09. The second-order valence-electron chi connectivity index (χ2n) is 5.28. The van der Waals surface area contributed by atoms with Gasteiger partial charge < -0.3 is 9.47 Å². The molecule has 1 aromatic rings. The van der Waals surface area contributed by atoms with Gasteiger partial charge in [-0.2, -0.15) is 5.26 Å². The predicted octanol–water partition coefficient (Wildman–Crippen LogP) is 1.18. The molecule has 1 saturated heterocycles. The maximum absolute atomic E-state index is 12.1. The van der Waals surface area contributed by atoms with E-state index in [4.69, 9.17) is 14.7 Å². The molecule has 1 aliphatic rings. The van der Waals surface area contributed by atoms with Crippen molar-refractivity contribution in [2.75, 3.05) is 13.2 Å². The number of ether oxygens (including phenoxy) is 2. The lowest BCUT2D eigenvalue weighted by Crippen LogP contribution is -2.34. The van der Waals surface area contributed by atoms with Gasteiger partial charge >= 0.3 is 0 Å². The average molecular weight is 310 g/mol. The van der Waals surface area contributed by atoms with E-state index in [9.17, 15) is 8.42 Å². The van der Waals surface area contributed by atoms with Gasteiger partial charge in [0.1, 0.15) is 0 Å². The number of hydrogen-bond donors (Lipinski definition) is 1. The smallest absolute Gasteiger partial charge is 0.240 e. The minimum Gasteiger partial charge on any atom is -0.348 e. The van der Waals surface area contributed by atoms with Crippen molar-refractivity contribution >= 4 is 10.0 Å². The summed E-state index contributed by atoms with van der Waals surface area (Å²) in [6.07, 6.45) is -0.0385. The largest absolute Gasteiger partial charge is 0.348 e. The van der Waals surface area contributed by atoms with Crippen molar-refractivity contribution in [1.82, 2.24) is 4.72 Å². The van der Waals surface area contributed by atoms with E-state index in [0.29, 0.717) is 6.61 Å². The molecule has 0 aromatic heterocycles. The number of benzene rings is 1. The summed E-state index contributed by atoms with van der Waals surface area (Å²) in [6, 6.07) is 8.27. The number of hydrogen-bond acceptors (Lipinski definition) is 5. The molecule has 2 rings (SSSR count). The lowest BCUT2D eigenvalue weighted by Gasteiger charge is -2.17. The van der Waals surface area contributed by atoms with Crippen LogP contribution in [0.2, 0.25) is 0 Å². The van der Waals surface area contributed by atoms with Crippen LogP contribution in [0.25, 0.3) is 0 Å². The van der Waals surface area contributed by atoms with Crippen molar-refractivity contribution in [2.45, 2.75) is 37.1 Å². The minimum absolute atomic E-state index is 0.158. The van der Waals surface area contributed by atoms with Crippen LogP contribution < -0.4 is 4.72 Å². The van der Waals surface area contributed by atoms with Crippen molar-refractivity contribution in [1.29, 1.82) is 5.26 Å². The lowest BCUT2D eigenvalue weighted by atomic mass is 10.2. The molecule has 1 aliphatic heterocycles. The predicted molar refractivity (Wildman–Crippen MR) is 75.9 cm³/mol. The van der Waals surface area contributed by atoms with Crippen LogP contribution >= 0.6 is 0 Å². The number of nitrogens with zero attached hydrogens (tertiary/aromatic N) is 1. The van der Waals surface area contributed by atoms with Crippen molar-refractivity contribution in [3.63, 3.8) is 0 Å². The van der Waals surface area contributed by atoms with E-state index in [-0.39, 0.29) is 24.0 Å². The van der Waals surface area contributed by atoms with Gasteiger partial charge in [0.25, 0.3) is 0 Å². The summed E-state index contributed by atoms with van der Waals surface area (Å²) in [4.78, 5) is 0.169. The first-order valence-electron chi connectivity index (χ1n) is 6.60. The summed E-state index contributed by atoms with van der Waals surface area (Å²) in [5, 5.41) is 8.59. The highest BCUT2D eigenvalue weighted by Gasteiger charge is 2.33. The molecule has 7 heteroatoms. The molecule has 1 atom stereocenters. The van der Waals surface area contributed by atoms with E-state index in [1.807, 2.05) is 6.07 Å². The molecule has 0 spiro atoms. The van der Waals surface area contributed by atoms with Crippen molar-refractivity contribution < 1.29 is 17.9 Å². The van der Waals surface area contributed by atoms with Crippen LogP contribution in [0.5, 0.6) is 0 Å². The first-order chi connectivity index (χ1) is 9.82. The van der Waals surface area contributed by atoms with Crippen LogP contribution in [0.3, 0.4) is 0 Å². The maximum Gasteiger partial charge on any atom is 0.240 e. The molecule has 0 amide bonds. The third kappa shape index (κ3) is 4.25. The molecule has 1 N–H and O–H groups in total. The Morgan fingerprint density at radius 2 is 2.05 bits per heavy atom. The molecule has 1 aromatic carbocycles. The number of nitrogens with one attached hydrogen (secondary N) is 1. The molecule has 1 heterocycles. The summed E-state index contributed by atoms with van der Waals surface area (Å²) in [5.41, 5.74) is 0.783. The molecule has 21 heavy (non-hydrogen) atoms. The Morgan fingerprint density at radius 3 is 2.57 bits per heavy atom. The zero-order valence-electron chi connectivity index (χ0n) is 12.0. The average Bonchev–Trinajstić information content (AvgIpc) is 2.77. The normalized spacial score (nSPS) is 21.1. The molecule has 0 aliphatic carbocycles. The van der Waals surface area contributed by atoms with Gasteiger partial charge in [-0.1, -0.05) is 12.1 Å². The summed E-state index contributed by atoms with van der Waals surface area (Å²) in [6.45, 7) is 4.09. The van der Waals surface area contributed by atoms with Crippen molar-refractivity contribution in [2.24, 2.45) is 0 Å². The van der Waals surface area contributed by atoms with Gasteiger partial charge in [0, 0.05) is 6.54 Å². The first-order valence-corrected chi connectivity index (χ1v) is 8.08. The van der Waals surface area contributed by atoms with Gasteiger partial charge in [0.05, 0.1) is 30.1 Å². The monoisotopic (exact) mass is 310 g/mol. The molecule has 1 fully saturated rings. The Bertz CT molecular complexity index is 632. The lowest BCUT2D eigenvalue weighted by molar-refractivity contribution is -0.137. The standard InChI is InChI=1S/C14H18N2O4S/c1-14(2)19-10-12(20-14)9-16-21(17,18)13-5-3-11(4-6-13)7-8-15/h3-6,12,16H,7,9-10H2,1-2H3. The van der Waals surface area contributed by atoms with E-state index >= 15 is 0 Å². The van der Waals surface area contributed by atoms with Crippen LogP contribution in [-0.2, 0) is 25.9 Å². The van der Waals surface area contributed by atoms with Gasteiger partial charge in [-0.15, -0.1) is 0 Å². The van der Waals surface area contributed by atoms with Gasteiger partial charge in [-0.25, -0.2) is 13.1 Å². The van der Waals surface area contributed by atoms with Crippen LogP contribution in [0.15, 0.2) is 29.2 Å². The Morgan fingerprint density at radius 1 is 1.38 bits per heavy atom. The van der Waals surface area contributed by atoms with E-state index in [1.54, 1.807) is 26.0 Å². The fourth-order valence-electron chi connectivity index (χ4n) is 2.03. The summed E-state index contributed by atoms with van der Waals surface area (Å²) >= 11 is 0. The first kappa shape index (κ1) is 15.9. The highest BCUT2D eigenvalue weighted by Crippen LogP contribution is 2.22. The minimum atomic E-state index is -3.59. The van der Waals surface area contributed by atoms with Gasteiger partial charge in [0.15, 0.2) is 5.79 Å². The number of sulfonamides is 1. The van der Waals surface area contributed by atoms with E-state index in [0.717, 1.165) is 5.56 Å². The molecule has 0 bridgehead atoms. The van der Waals surface area contributed by atoms with Crippen LogP contribution in [0.4, 0.5) is 0 Å². The molecule has 114 valence electrons. The number of rotatable bonds is 5. The maximum atomic E-state index is 12.1. The highest BCUT2D eigenvalue weighted by atomic mass is 32.2. The second kappa shape index (κ2) is 6.12. The SMILES string of the molecule is CC1(C)OCC(CNS(=O)(=O)c2ccc(CC#N)cc2)O1. The van der Waals surface area contributed by atoms with Gasteiger partial charge in [0.2, 0.25) is 10.0 Å². The van der Waals surface area contributed by atoms with Crippen LogP contribution in [0, 0.1) is 11.3 Å². The molecular formula is C14H18N2O4S. The molecule has 0 saturated carbocycles. The zero-order valence-corrected chi connectivity index (χ0v) is 12.8. The second-order valence-corrected chi connectivity index (χ2v) is 7.05. The van der Waals surface area contributed by atoms with Gasteiger partial charge in [-0.3, -0.25) is 0 Å². The summed E-state index contributed by atoms with van der Waals surface area (Å²) in [7, 11) is -3.59.